The molecule has 1 unspecified atom stereocenters. The van der Waals surface area contributed by atoms with E-state index in [-0.39, 0.29) is 67.7 Å². The van der Waals surface area contributed by atoms with Crippen molar-refractivity contribution in [3.05, 3.63) is 58.0 Å². The number of esters is 1. The molecule has 0 saturated carbocycles. The normalized spacial score (nSPS) is 30.7. The lowest BCUT2D eigenvalue weighted by molar-refractivity contribution is -0.160. The standard InChI is InChI=1S/C52H72N6O12/c1-28(2)27-57-20-16-52(17-21-57)54-41-38-39-46(63)33(7)48-40(38)49(65)51(8,70-48)68-24-15-34(67-10)25-35(69-37(60)26-36(59)58-19-12-18-56(9)22-23-58)31(5)45(62)32(6)44(61)29(3)13-11-14-30(4)50(66)53-43(47(39)64)42(41)55-52/h11,13-15,24,28-29,31-32,34-35,44-45,61-64H,12,16-23,25-27H2,1-10H3,(H,53,66)/b13-11+,24-15+,30-14-/t29?,31-,32+,34-,35+,44-,45-,51-/m0/s1. The molecule has 6 aliphatic heterocycles. The van der Waals surface area contributed by atoms with Gasteiger partial charge in [-0.1, -0.05) is 52.8 Å². The number of benzene rings is 2. The van der Waals surface area contributed by atoms with Gasteiger partial charge in [-0.25, -0.2) is 0 Å². The largest absolute Gasteiger partial charge is 0.507 e. The number of aromatic hydroxyl groups is 2. The van der Waals surface area contributed by atoms with Crippen molar-refractivity contribution in [3.8, 4) is 17.2 Å². The minimum atomic E-state index is -2.00. The lowest BCUT2D eigenvalue weighted by Crippen LogP contribution is -2.44. The molecule has 0 radical (unpaired) electrons. The van der Waals surface area contributed by atoms with Crippen LogP contribution in [0.2, 0.25) is 0 Å². The maximum Gasteiger partial charge on any atom is 0.315 e. The molecule has 8 rings (SSSR count). The molecule has 5 N–H and O–H groups in total. The third kappa shape index (κ3) is 10.6. The van der Waals surface area contributed by atoms with Gasteiger partial charge in [0.05, 0.1) is 40.9 Å². The summed E-state index contributed by atoms with van der Waals surface area (Å²) in [4.78, 5) is 72.3. The van der Waals surface area contributed by atoms with Crippen molar-refractivity contribution < 1.29 is 58.6 Å². The van der Waals surface area contributed by atoms with Crippen LogP contribution in [0.5, 0.6) is 17.2 Å². The number of hydrogen-bond acceptors (Lipinski definition) is 16. The molecule has 6 aliphatic rings. The van der Waals surface area contributed by atoms with Crippen molar-refractivity contribution in [2.24, 2.45) is 33.7 Å². The van der Waals surface area contributed by atoms with Crippen LogP contribution >= 0.6 is 0 Å². The van der Waals surface area contributed by atoms with Gasteiger partial charge in [-0.05, 0) is 45.9 Å². The van der Waals surface area contributed by atoms with Crippen LogP contribution in [0.1, 0.15) is 96.5 Å². The number of Topliss-reactive ketones (excluding diaryl/α,β-unsaturated/α-hetero) is 1. The van der Waals surface area contributed by atoms with Gasteiger partial charge in [0, 0.05) is 107 Å². The van der Waals surface area contributed by atoms with Crippen molar-refractivity contribution in [2.75, 3.05) is 65.3 Å². The van der Waals surface area contributed by atoms with E-state index in [1.807, 2.05) is 7.05 Å². The molecule has 0 aromatic heterocycles. The van der Waals surface area contributed by atoms with Crippen LogP contribution in [0, 0.1) is 30.6 Å². The maximum absolute atomic E-state index is 14.9. The average Bonchev–Trinajstić information content (AvgIpc) is 3.71. The fourth-order valence-corrected chi connectivity index (χ4v) is 10.3. The molecule has 8 atom stereocenters. The Hall–Kier alpha value is -5.40. The summed E-state index contributed by atoms with van der Waals surface area (Å²) in [7, 11) is 3.42. The second kappa shape index (κ2) is 21.1. The monoisotopic (exact) mass is 973 g/mol. The number of phenolic OH excluding ortho intramolecular Hbond substituents is 2. The number of ketones is 1. The highest BCUT2D eigenvalue weighted by molar-refractivity contribution is 6.19. The fraction of sp³-hybridized carbons (Fsp3) is 0.615. The molecule has 382 valence electrons. The quantitative estimate of drug-likeness (QED) is 0.156. The number of likely N-dealkylation sites (N-methyl/N-ethyl adjacent to an activating group) is 1. The highest BCUT2D eigenvalue weighted by Gasteiger charge is 2.50. The second-order valence-electron chi connectivity index (χ2n) is 20.6. The molecular formula is C52H72N6O12. The first-order valence-corrected chi connectivity index (χ1v) is 24.6. The van der Waals surface area contributed by atoms with Gasteiger partial charge in [0.25, 0.3) is 11.7 Å². The number of phenols is 2. The number of piperidine rings is 1. The molecule has 5 bridgehead atoms. The summed E-state index contributed by atoms with van der Waals surface area (Å²) in [6, 6.07) is 0. The van der Waals surface area contributed by atoms with Gasteiger partial charge in [0.15, 0.2) is 11.4 Å². The van der Waals surface area contributed by atoms with Gasteiger partial charge in [-0.15, -0.1) is 0 Å². The number of nitrogens with zero attached hydrogens (tertiary/aromatic N) is 5. The predicted molar refractivity (Wildman–Crippen MR) is 261 cm³/mol. The summed E-state index contributed by atoms with van der Waals surface area (Å²) in [5.74, 6) is -6.86. The van der Waals surface area contributed by atoms with E-state index in [4.69, 9.17) is 28.9 Å². The molecule has 18 heteroatoms. The van der Waals surface area contributed by atoms with Crippen LogP contribution in [0.3, 0.4) is 0 Å². The second-order valence-corrected chi connectivity index (χ2v) is 20.6. The lowest BCUT2D eigenvalue weighted by Gasteiger charge is -2.36. The number of nitrogens with one attached hydrogen (secondary N) is 1. The van der Waals surface area contributed by atoms with Gasteiger partial charge >= 0.3 is 11.8 Å². The molecule has 70 heavy (non-hydrogen) atoms. The Kier molecular flexibility index (Phi) is 15.8. The Morgan fingerprint density at radius 1 is 0.929 bits per heavy atom. The van der Waals surface area contributed by atoms with E-state index in [2.05, 4.69) is 29.0 Å². The summed E-state index contributed by atoms with van der Waals surface area (Å²) < 4.78 is 24.3. The Balaban J connectivity index is 1.29. The van der Waals surface area contributed by atoms with Gasteiger partial charge in [-0.2, -0.15) is 0 Å². The summed E-state index contributed by atoms with van der Waals surface area (Å²) in [6.45, 7) is 18.8. The van der Waals surface area contributed by atoms with E-state index in [9.17, 15) is 39.6 Å². The first-order valence-electron chi connectivity index (χ1n) is 24.6. The minimum absolute atomic E-state index is 0.0137. The van der Waals surface area contributed by atoms with Crippen molar-refractivity contribution in [1.82, 2.24) is 14.7 Å². The number of anilines is 1. The lowest BCUT2D eigenvalue weighted by atomic mass is 9.81. The molecule has 2 saturated heterocycles. The van der Waals surface area contributed by atoms with Gasteiger partial charge in [0.2, 0.25) is 5.91 Å². The number of aliphatic hydroxyl groups is 2. The number of aliphatic hydroxyl groups excluding tert-OH is 2. The number of allylic oxidation sites excluding steroid dienone is 2. The number of ether oxygens (including phenoxy) is 4. The highest BCUT2D eigenvalue weighted by atomic mass is 16.7. The zero-order valence-corrected chi connectivity index (χ0v) is 42.3. The Morgan fingerprint density at radius 2 is 1.63 bits per heavy atom. The van der Waals surface area contributed by atoms with E-state index >= 15 is 0 Å². The van der Waals surface area contributed by atoms with Gasteiger partial charge in [0.1, 0.15) is 35.1 Å². The maximum atomic E-state index is 14.9. The van der Waals surface area contributed by atoms with Crippen LogP contribution in [0.4, 0.5) is 5.69 Å². The summed E-state index contributed by atoms with van der Waals surface area (Å²) in [6.07, 6.45) is 4.74. The van der Waals surface area contributed by atoms with Crippen LogP contribution in [0.25, 0.3) is 10.8 Å². The van der Waals surface area contributed by atoms with Gasteiger partial charge in [-0.3, -0.25) is 29.2 Å². The van der Waals surface area contributed by atoms with E-state index in [1.165, 1.54) is 26.4 Å². The number of carbonyl (C=O) groups is 4. The van der Waals surface area contributed by atoms with E-state index in [0.717, 1.165) is 19.5 Å². The smallest absolute Gasteiger partial charge is 0.315 e. The van der Waals surface area contributed by atoms with Crippen molar-refractivity contribution >= 4 is 40.0 Å². The van der Waals surface area contributed by atoms with Crippen LogP contribution < -0.4 is 20.8 Å². The summed E-state index contributed by atoms with van der Waals surface area (Å²) >= 11 is 0. The zero-order valence-electron chi connectivity index (χ0n) is 42.3. The van der Waals surface area contributed by atoms with Crippen LogP contribution in [-0.4, -0.2) is 155 Å². The Bertz CT molecular complexity index is 2590. The molecule has 18 nitrogen and oxygen atoms in total. The van der Waals surface area contributed by atoms with Crippen molar-refractivity contribution in [3.63, 3.8) is 0 Å². The van der Waals surface area contributed by atoms with Crippen molar-refractivity contribution in [1.29, 1.82) is 0 Å². The molecule has 1 spiro atoms. The molecular weight excluding hydrogens is 901 g/mol. The first-order chi connectivity index (χ1) is 33.1. The number of likely N-dealkylation sites (tertiary alicyclic amines) is 1. The number of carbonyl (C=O) groups excluding carboxylic acids is 4. The topological polar surface area (TPSA) is 233 Å². The number of amides is 2. The third-order valence-corrected chi connectivity index (χ3v) is 14.8. The van der Waals surface area contributed by atoms with E-state index < -0.39 is 83.4 Å². The van der Waals surface area contributed by atoms with E-state index in [1.54, 1.807) is 57.7 Å². The summed E-state index contributed by atoms with van der Waals surface area (Å²) in [5.41, 5.74) is -0.672. The predicted octanol–water partition coefficient (Wildman–Crippen LogP) is 4.04. The Labute approximate surface area is 409 Å². The number of fused-ring (bicyclic) bond motifs is 13. The van der Waals surface area contributed by atoms with Crippen LogP contribution in [-0.2, 0) is 28.6 Å². The van der Waals surface area contributed by atoms with E-state index in [0.29, 0.717) is 51.5 Å². The number of hydrogen-bond donors (Lipinski definition) is 5. The molecule has 2 amide bonds. The molecule has 2 fully saturated rings. The van der Waals surface area contributed by atoms with Crippen LogP contribution in [0.15, 0.2) is 46.1 Å². The molecule has 0 aliphatic carbocycles. The average molecular weight is 973 g/mol. The fourth-order valence-electron chi connectivity index (χ4n) is 10.3. The Morgan fingerprint density at radius 3 is 2.31 bits per heavy atom. The highest BCUT2D eigenvalue weighted by Crippen LogP contribution is 2.50. The first kappa shape index (κ1) is 52.4. The summed E-state index contributed by atoms with van der Waals surface area (Å²) in [5, 5.41) is 50.7. The molecule has 2 aromatic rings. The van der Waals surface area contributed by atoms with Gasteiger partial charge < -0.3 is 59.4 Å². The minimum Gasteiger partial charge on any atom is -0.507 e. The number of methoxy groups -OCH3 is 1. The molecule has 6 heterocycles. The SMILES string of the molecule is CO[C@H]1/C=C/O[C@@]2(C)Oc3c(C)c(O)c4c(O)c(c5c(c4c3C2=O)=NC2(CCN(CC(C)C)CC2)N=5)NC(=O)/C(C)=C\C=C\C(C)[C@H](O)[C@@H](C)[C@@H](O)[C@@H](C)[C@H](OC(=O)CC(=O)N2CCCN(C)CC2)C1. The zero-order chi connectivity index (χ0) is 51.0. The molecule has 2 aromatic carbocycles. The third-order valence-electron chi connectivity index (χ3n) is 14.8. The number of rotatable bonds is 6. The van der Waals surface area contributed by atoms with Crippen molar-refractivity contribution in [2.45, 2.75) is 123 Å².